The van der Waals surface area contributed by atoms with Gasteiger partial charge >= 0.3 is 0 Å². The van der Waals surface area contributed by atoms with Gasteiger partial charge in [-0.2, -0.15) is 0 Å². The maximum Gasteiger partial charge on any atom is 0.226 e. The summed E-state index contributed by atoms with van der Waals surface area (Å²) >= 11 is 0. The fourth-order valence-corrected chi connectivity index (χ4v) is 3.66. The van der Waals surface area contributed by atoms with Crippen LogP contribution in [-0.4, -0.2) is 24.0 Å². The summed E-state index contributed by atoms with van der Waals surface area (Å²) in [6.45, 7) is 4.22. The number of benzene rings is 1. The van der Waals surface area contributed by atoms with E-state index in [4.69, 9.17) is 9.15 Å². The number of nitrogens with one attached hydrogen (secondary N) is 1. The van der Waals surface area contributed by atoms with E-state index >= 15 is 0 Å². The number of carbonyl (C=O) groups excluding carboxylic acids is 1. The van der Waals surface area contributed by atoms with Gasteiger partial charge in [-0.1, -0.05) is 13.0 Å². The highest BCUT2D eigenvalue weighted by molar-refractivity contribution is 5.76. The minimum atomic E-state index is 0.156. The van der Waals surface area contributed by atoms with E-state index in [0.717, 1.165) is 54.4 Å². The number of amides is 1. The fourth-order valence-electron chi connectivity index (χ4n) is 3.66. The van der Waals surface area contributed by atoms with Crippen LogP contribution in [0.25, 0.3) is 11.5 Å². The van der Waals surface area contributed by atoms with Crippen molar-refractivity contribution in [1.29, 1.82) is 0 Å². The Morgan fingerprint density at radius 2 is 2.07 bits per heavy atom. The van der Waals surface area contributed by atoms with E-state index in [9.17, 15) is 4.79 Å². The summed E-state index contributed by atoms with van der Waals surface area (Å²) in [6.07, 6.45) is 6.71. The second-order valence-corrected chi connectivity index (χ2v) is 7.63. The summed E-state index contributed by atoms with van der Waals surface area (Å²) < 4.78 is 11.1. The van der Waals surface area contributed by atoms with Gasteiger partial charge in [0.05, 0.1) is 12.8 Å². The van der Waals surface area contributed by atoms with Gasteiger partial charge in [-0.3, -0.25) is 4.79 Å². The lowest BCUT2D eigenvalue weighted by Gasteiger charge is -2.26. The molecule has 0 unspecified atom stereocenters. The van der Waals surface area contributed by atoms with Gasteiger partial charge in [0.2, 0.25) is 11.8 Å². The molecule has 1 saturated carbocycles. The SMILES string of the molecule is COc1cccc(-c2nc(CCCC(=O)NC3CCC(C)CC3)c(C)o2)c1. The van der Waals surface area contributed by atoms with Gasteiger partial charge in [0.1, 0.15) is 11.5 Å². The van der Waals surface area contributed by atoms with E-state index in [-0.39, 0.29) is 5.91 Å². The molecule has 0 aliphatic heterocycles. The largest absolute Gasteiger partial charge is 0.497 e. The predicted octanol–water partition coefficient (Wildman–Crippen LogP) is 4.68. The van der Waals surface area contributed by atoms with E-state index in [1.165, 1.54) is 12.8 Å². The third-order valence-corrected chi connectivity index (χ3v) is 5.41. The van der Waals surface area contributed by atoms with Crippen molar-refractivity contribution in [1.82, 2.24) is 10.3 Å². The summed E-state index contributed by atoms with van der Waals surface area (Å²) in [6, 6.07) is 8.04. The van der Waals surface area contributed by atoms with Gasteiger partial charge in [-0.25, -0.2) is 4.98 Å². The van der Waals surface area contributed by atoms with Crippen LogP contribution in [0.2, 0.25) is 0 Å². The third kappa shape index (κ3) is 5.34. The molecule has 5 heteroatoms. The number of methoxy groups -OCH3 is 1. The number of aromatic nitrogens is 1. The van der Waals surface area contributed by atoms with Crippen molar-refractivity contribution < 1.29 is 13.9 Å². The van der Waals surface area contributed by atoms with Crippen LogP contribution in [0.15, 0.2) is 28.7 Å². The molecule has 0 spiro atoms. The molecule has 0 radical (unpaired) electrons. The van der Waals surface area contributed by atoms with Gasteiger partial charge in [-0.05, 0) is 69.6 Å². The Bertz CT molecular complexity index is 761. The lowest BCUT2D eigenvalue weighted by atomic mass is 9.87. The third-order valence-electron chi connectivity index (χ3n) is 5.41. The molecular formula is C22H30N2O3. The first kappa shape index (κ1) is 19.5. The number of oxazole rings is 1. The average molecular weight is 370 g/mol. The highest BCUT2D eigenvalue weighted by Gasteiger charge is 2.19. The Morgan fingerprint density at radius 1 is 1.30 bits per heavy atom. The lowest BCUT2D eigenvalue weighted by molar-refractivity contribution is -0.122. The molecule has 1 heterocycles. The molecule has 0 atom stereocenters. The Hall–Kier alpha value is -2.30. The van der Waals surface area contributed by atoms with Crippen molar-refractivity contribution in [3.63, 3.8) is 0 Å². The molecule has 0 saturated heterocycles. The Balaban J connectivity index is 1.49. The zero-order chi connectivity index (χ0) is 19.2. The smallest absolute Gasteiger partial charge is 0.226 e. The predicted molar refractivity (Wildman–Crippen MR) is 106 cm³/mol. The van der Waals surface area contributed by atoms with Gasteiger partial charge in [0.15, 0.2) is 0 Å². The van der Waals surface area contributed by atoms with Gasteiger partial charge < -0.3 is 14.5 Å². The van der Waals surface area contributed by atoms with E-state index in [2.05, 4.69) is 17.2 Å². The summed E-state index contributed by atoms with van der Waals surface area (Å²) in [5, 5.41) is 3.19. The number of aryl methyl sites for hydroxylation is 2. The molecule has 27 heavy (non-hydrogen) atoms. The van der Waals surface area contributed by atoms with Crippen molar-refractivity contribution in [2.45, 2.75) is 64.8 Å². The summed E-state index contributed by atoms with van der Waals surface area (Å²) in [5.41, 5.74) is 1.82. The minimum absolute atomic E-state index is 0.156. The van der Waals surface area contributed by atoms with Crippen molar-refractivity contribution in [3.05, 3.63) is 35.7 Å². The van der Waals surface area contributed by atoms with E-state index in [1.54, 1.807) is 7.11 Å². The topological polar surface area (TPSA) is 64.4 Å². The number of nitrogens with zero attached hydrogens (tertiary/aromatic N) is 1. The quantitative estimate of drug-likeness (QED) is 0.769. The van der Waals surface area contributed by atoms with Crippen LogP contribution >= 0.6 is 0 Å². The number of ether oxygens (including phenoxy) is 1. The Labute approximate surface area is 161 Å². The molecule has 1 aliphatic carbocycles. The molecule has 2 aromatic rings. The molecule has 146 valence electrons. The molecule has 1 aromatic heterocycles. The number of rotatable bonds is 7. The summed E-state index contributed by atoms with van der Waals surface area (Å²) in [4.78, 5) is 16.8. The first-order valence-corrected chi connectivity index (χ1v) is 9.95. The van der Waals surface area contributed by atoms with Crippen LogP contribution in [0, 0.1) is 12.8 Å². The number of hydrogen-bond donors (Lipinski definition) is 1. The highest BCUT2D eigenvalue weighted by atomic mass is 16.5. The van der Waals surface area contributed by atoms with Crippen LogP contribution < -0.4 is 10.1 Å². The zero-order valence-electron chi connectivity index (χ0n) is 16.6. The average Bonchev–Trinajstić information content (AvgIpc) is 3.04. The van der Waals surface area contributed by atoms with Crippen molar-refractivity contribution in [2.24, 2.45) is 5.92 Å². The second kappa shape index (κ2) is 9.07. The molecule has 5 nitrogen and oxygen atoms in total. The van der Waals surface area contributed by atoms with E-state index < -0.39 is 0 Å². The molecule has 1 amide bonds. The molecule has 0 bridgehead atoms. The highest BCUT2D eigenvalue weighted by Crippen LogP contribution is 2.26. The van der Waals surface area contributed by atoms with E-state index in [1.807, 2.05) is 31.2 Å². The first-order chi connectivity index (χ1) is 13.0. The van der Waals surface area contributed by atoms with Crippen molar-refractivity contribution in [3.8, 4) is 17.2 Å². The lowest BCUT2D eigenvalue weighted by Crippen LogP contribution is -2.37. The van der Waals surface area contributed by atoms with Gasteiger partial charge in [-0.15, -0.1) is 0 Å². The Morgan fingerprint density at radius 3 is 2.81 bits per heavy atom. The van der Waals surface area contributed by atoms with Crippen LogP contribution in [0.1, 0.15) is 56.9 Å². The monoisotopic (exact) mass is 370 g/mol. The normalized spacial score (nSPS) is 19.7. The maximum absolute atomic E-state index is 12.2. The van der Waals surface area contributed by atoms with Crippen LogP contribution in [0.4, 0.5) is 0 Å². The fraction of sp³-hybridized carbons (Fsp3) is 0.545. The van der Waals surface area contributed by atoms with Crippen molar-refractivity contribution >= 4 is 5.91 Å². The standard InChI is InChI=1S/C22H30N2O3/c1-15-10-12-18(13-11-15)23-21(25)9-5-8-20-16(2)27-22(24-20)17-6-4-7-19(14-17)26-3/h4,6-7,14-15,18H,5,8-13H2,1-3H3,(H,23,25). The molecular weight excluding hydrogens is 340 g/mol. The maximum atomic E-state index is 12.2. The van der Waals surface area contributed by atoms with Crippen molar-refractivity contribution in [2.75, 3.05) is 7.11 Å². The molecule has 1 aliphatic rings. The van der Waals surface area contributed by atoms with Crippen LogP contribution in [0.5, 0.6) is 5.75 Å². The molecule has 1 N–H and O–H groups in total. The molecule has 1 fully saturated rings. The van der Waals surface area contributed by atoms with Gasteiger partial charge in [0, 0.05) is 18.0 Å². The number of hydrogen-bond acceptors (Lipinski definition) is 4. The first-order valence-electron chi connectivity index (χ1n) is 9.95. The summed E-state index contributed by atoms with van der Waals surface area (Å²) in [7, 11) is 1.64. The van der Waals surface area contributed by atoms with E-state index in [0.29, 0.717) is 18.4 Å². The van der Waals surface area contributed by atoms with Gasteiger partial charge in [0.25, 0.3) is 0 Å². The Kier molecular flexibility index (Phi) is 6.54. The molecule has 1 aromatic carbocycles. The minimum Gasteiger partial charge on any atom is -0.497 e. The number of carbonyl (C=O) groups is 1. The van der Waals surface area contributed by atoms with Crippen LogP contribution in [0.3, 0.4) is 0 Å². The zero-order valence-corrected chi connectivity index (χ0v) is 16.6. The van der Waals surface area contributed by atoms with Crippen LogP contribution in [-0.2, 0) is 11.2 Å². The summed E-state index contributed by atoms with van der Waals surface area (Å²) in [5.74, 6) is 3.14. The second-order valence-electron chi connectivity index (χ2n) is 7.63. The molecule has 3 rings (SSSR count).